The highest BCUT2D eigenvalue weighted by Crippen LogP contribution is 2.45. The largest absolute Gasteiger partial charge is 0.461 e. The normalized spacial score (nSPS) is 23.3. The van der Waals surface area contributed by atoms with Gasteiger partial charge < -0.3 is 4.74 Å². The van der Waals surface area contributed by atoms with Crippen LogP contribution in [0.3, 0.4) is 0 Å². The van der Waals surface area contributed by atoms with Crippen LogP contribution in [0.25, 0.3) is 0 Å². The predicted octanol–water partition coefficient (Wildman–Crippen LogP) is 1.90. The molecule has 1 fully saturated rings. The third-order valence-corrected chi connectivity index (χ3v) is 5.07. The number of benzene rings is 2. The monoisotopic (exact) mass is 377 g/mol. The van der Waals surface area contributed by atoms with Crippen LogP contribution in [0.15, 0.2) is 59.7 Å². The quantitative estimate of drug-likeness (QED) is 0.650. The van der Waals surface area contributed by atoms with Gasteiger partial charge in [-0.05, 0) is 31.5 Å². The number of anilines is 1. The molecule has 2 amide bonds. The Morgan fingerprint density at radius 2 is 1.82 bits per heavy atom. The van der Waals surface area contributed by atoms with Crippen molar-refractivity contribution >= 4 is 29.2 Å². The van der Waals surface area contributed by atoms with Crippen molar-refractivity contribution in [2.24, 2.45) is 11.0 Å². The van der Waals surface area contributed by atoms with Crippen molar-refractivity contribution in [3.05, 3.63) is 65.7 Å². The molecule has 2 heterocycles. The Labute approximate surface area is 162 Å². The third-order valence-electron chi connectivity index (χ3n) is 5.07. The van der Waals surface area contributed by atoms with Gasteiger partial charge in [0, 0.05) is 0 Å². The molecule has 7 heteroatoms. The molecule has 1 saturated heterocycles. The molecular formula is C21H19N3O4. The lowest BCUT2D eigenvalue weighted by atomic mass is 9.78. The molecule has 2 aliphatic heterocycles. The lowest BCUT2D eigenvalue weighted by Gasteiger charge is -2.26. The van der Waals surface area contributed by atoms with Crippen LogP contribution in [0.4, 0.5) is 5.69 Å². The number of amides is 2. The van der Waals surface area contributed by atoms with E-state index >= 15 is 0 Å². The van der Waals surface area contributed by atoms with E-state index < -0.39 is 29.2 Å². The van der Waals surface area contributed by atoms with E-state index in [-0.39, 0.29) is 12.3 Å². The fourth-order valence-corrected chi connectivity index (χ4v) is 3.72. The molecule has 2 aromatic carbocycles. The first-order chi connectivity index (χ1) is 13.5. The summed E-state index contributed by atoms with van der Waals surface area (Å²) >= 11 is 0. The molecule has 0 aromatic heterocycles. The Kier molecular flexibility index (Phi) is 4.22. The number of carbonyl (C=O) groups excluding carboxylic acids is 3. The average Bonchev–Trinajstić information content (AvgIpc) is 3.20. The summed E-state index contributed by atoms with van der Waals surface area (Å²) in [6.07, 6.45) is 0. The van der Waals surface area contributed by atoms with Gasteiger partial charge in [0.2, 0.25) is 5.91 Å². The number of hydrogen-bond acceptors (Lipinski definition) is 6. The highest BCUT2D eigenvalue weighted by Gasteiger charge is 2.67. The second-order valence-corrected chi connectivity index (χ2v) is 6.75. The number of imide groups is 1. The van der Waals surface area contributed by atoms with E-state index in [4.69, 9.17) is 4.74 Å². The summed E-state index contributed by atoms with van der Waals surface area (Å²) in [5, 5.41) is 4.06. The zero-order valence-corrected chi connectivity index (χ0v) is 15.5. The maximum atomic E-state index is 13.5. The minimum Gasteiger partial charge on any atom is -0.461 e. The summed E-state index contributed by atoms with van der Waals surface area (Å²) in [6, 6.07) is 15.9. The Morgan fingerprint density at radius 1 is 1.14 bits per heavy atom. The van der Waals surface area contributed by atoms with Gasteiger partial charge in [-0.3, -0.25) is 15.0 Å². The second kappa shape index (κ2) is 6.60. The molecule has 1 unspecified atom stereocenters. The molecule has 2 aromatic rings. The van der Waals surface area contributed by atoms with Crippen LogP contribution in [-0.4, -0.2) is 30.1 Å². The predicted molar refractivity (Wildman–Crippen MR) is 102 cm³/mol. The van der Waals surface area contributed by atoms with Crippen molar-refractivity contribution in [2.45, 2.75) is 19.4 Å². The van der Waals surface area contributed by atoms with E-state index in [9.17, 15) is 14.4 Å². The van der Waals surface area contributed by atoms with E-state index in [1.807, 2.05) is 19.1 Å². The second-order valence-electron chi connectivity index (χ2n) is 6.75. The summed E-state index contributed by atoms with van der Waals surface area (Å²) in [5.74, 6) is -2.78. The molecule has 0 radical (unpaired) electrons. The van der Waals surface area contributed by atoms with Crippen molar-refractivity contribution in [1.82, 2.24) is 5.43 Å². The fraction of sp³-hybridized carbons (Fsp3) is 0.238. The topological polar surface area (TPSA) is 88.1 Å². The van der Waals surface area contributed by atoms with Crippen molar-refractivity contribution < 1.29 is 19.1 Å². The maximum Gasteiger partial charge on any atom is 0.355 e. The zero-order chi connectivity index (χ0) is 19.9. The summed E-state index contributed by atoms with van der Waals surface area (Å²) < 4.78 is 5.07. The zero-order valence-electron chi connectivity index (χ0n) is 15.5. The molecular weight excluding hydrogens is 358 g/mol. The van der Waals surface area contributed by atoms with Crippen LogP contribution < -0.4 is 10.3 Å². The number of aryl methyl sites for hydroxylation is 1. The molecule has 0 spiro atoms. The van der Waals surface area contributed by atoms with Crippen molar-refractivity contribution in [1.29, 1.82) is 0 Å². The Morgan fingerprint density at radius 3 is 2.46 bits per heavy atom. The minimum absolute atomic E-state index is 0.0841. The van der Waals surface area contributed by atoms with Gasteiger partial charge in [0.25, 0.3) is 5.91 Å². The van der Waals surface area contributed by atoms with Gasteiger partial charge in [-0.15, -0.1) is 0 Å². The number of fused-ring (bicyclic) bond motifs is 1. The van der Waals surface area contributed by atoms with Crippen LogP contribution in [-0.2, 0) is 24.7 Å². The van der Waals surface area contributed by atoms with E-state index in [0.717, 1.165) is 10.5 Å². The Bertz CT molecular complexity index is 984. The number of ether oxygens (including phenoxy) is 1. The van der Waals surface area contributed by atoms with E-state index in [1.165, 1.54) is 0 Å². The van der Waals surface area contributed by atoms with Crippen LogP contribution in [0, 0.1) is 12.8 Å². The molecule has 0 saturated carbocycles. The van der Waals surface area contributed by atoms with Gasteiger partial charge in [-0.1, -0.05) is 48.0 Å². The Balaban J connectivity index is 1.87. The van der Waals surface area contributed by atoms with Gasteiger partial charge in [0.15, 0.2) is 11.3 Å². The molecule has 28 heavy (non-hydrogen) atoms. The molecule has 1 N–H and O–H groups in total. The Hall–Kier alpha value is -3.48. The first-order valence-corrected chi connectivity index (χ1v) is 9.03. The number of hydrogen-bond donors (Lipinski definition) is 1. The number of hydrazone groups is 1. The number of para-hydroxylation sites is 1. The lowest BCUT2D eigenvalue weighted by molar-refractivity contribution is -0.136. The van der Waals surface area contributed by atoms with Gasteiger partial charge in [0.05, 0.1) is 12.3 Å². The number of esters is 1. The first-order valence-electron chi connectivity index (χ1n) is 9.03. The summed E-state index contributed by atoms with van der Waals surface area (Å²) in [4.78, 5) is 40.4. The van der Waals surface area contributed by atoms with Crippen molar-refractivity contribution in [3.63, 3.8) is 0 Å². The third kappa shape index (κ3) is 2.43. The highest BCUT2D eigenvalue weighted by molar-refractivity contribution is 6.47. The van der Waals surface area contributed by atoms with Crippen LogP contribution in [0.5, 0.6) is 0 Å². The van der Waals surface area contributed by atoms with Crippen LogP contribution in [0.2, 0.25) is 0 Å². The maximum absolute atomic E-state index is 13.5. The van der Waals surface area contributed by atoms with Gasteiger partial charge >= 0.3 is 5.97 Å². The standard InChI is InChI=1S/C21H19N3O4/c1-3-28-19(26)17-16-18(25)24(15-7-5-4-6-8-15)20(27)21(16,23-22-17)14-11-9-13(2)10-12-14/h4-12,16,23H,3H2,1-2H3/t16?,21-/m1/s1. The molecule has 2 atom stereocenters. The molecule has 7 nitrogen and oxygen atoms in total. The van der Waals surface area contributed by atoms with Crippen LogP contribution in [0.1, 0.15) is 18.1 Å². The number of carbonyl (C=O) groups is 3. The summed E-state index contributed by atoms with van der Waals surface area (Å²) in [7, 11) is 0. The molecule has 0 aliphatic carbocycles. The number of nitrogens with one attached hydrogen (secondary N) is 1. The SMILES string of the molecule is CCOC(=O)C1=NN[C@@]2(c3ccc(C)cc3)C(=O)N(c3ccccc3)C(=O)C12. The molecule has 0 bridgehead atoms. The van der Waals surface area contributed by atoms with Crippen molar-refractivity contribution in [2.75, 3.05) is 11.5 Å². The van der Waals surface area contributed by atoms with Gasteiger partial charge in [-0.25, -0.2) is 9.69 Å². The lowest BCUT2D eigenvalue weighted by Crippen LogP contribution is -2.48. The first kappa shape index (κ1) is 17.9. The molecule has 2 aliphatic rings. The number of nitrogens with zero attached hydrogens (tertiary/aromatic N) is 2. The van der Waals surface area contributed by atoms with E-state index in [1.54, 1.807) is 49.4 Å². The minimum atomic E-state index is -1.47. The smallest absolute Gasteiger partial charge is 0.355 e. The number of rotatable bonds is 4. The summed E-state index contributed by atoms with van der Waals surface area (Å²) in [6.45, 7) is 3.75. The van der Waals surface area contributed by atoms with Gasteiger partial charge in [0.1, 0.15) is 5.92 Å². The van der Waals surface area contributed by atoms with Gasteiger partial charge in [-0.2, -0.15) is 5.10 Å². The van der Waals surface area contributed by atoms with Crippen LogP contribution >= 0.6 is 0 Å². The molecule has 4 rings (SSSR count). The van der Waals surface area contributed by atoms with E-state index in [0.29, 0.717) is 11.3 Å². The molecule has 142 valence electrons. The van der Waals surface area contributed by atoms with E-state index in [2.05, 4.69) is 10.5 Å². The average molecular weight is 377 g/mol. The summed E-state index contributed by atoms with van der Waals surface area (Å²) in [5.41, 5.74) is 3.29. The fourth-order valence-electron chi connectivity index (χ4n) is 3.72. The highest BCUT2D eigenvalue weighted by atomic mass is 16.5. The van der Waals surface area contributed by atoms with Crippen molar-refractivity contribution in [3.8, 4) is 0 Å².